The van der Waals surface area contributed by atoms with E-state index in [1.165, 1.54) is 0 Å². The average molecular weight is 444 g/mol. The van der Waals surface area contributed by atoms with Crippen LogP contribution in [0.5, 0.6) is 11.5 Å². The molecule has 0 aliphatic carbocycles. The molecule has 0 radical (unpaired) electrons. The Kier molecular flexibility index (Phi) is 4.99. The number of methoxy groups -OCH3 is 1. The fourth-order valence-corrected chi connectivity index (χ4v) is 3.59. The molecule has 9 heteroatoms. The number of nitrogens with zero attached hydrogens (tertiary/aromatic N) is 4. The number of rotatable bonds is 5. The lowest BCUT2D eigenvalue weighted by atomic mass is 10.1. The van der Waals surface area contributed by atoms with Crippen LogP contribution in [-0.4, -0.2) is 45.9 Å². The summed E-state index contributed by atoms with van der Waals surface area (Å²) in [6, 6.07) is 7.24. The van der Waals surface area contributed by atoms with E-state index in [2.05, 4.69) is 36.3 Å². The molecule has 1 amide bonds. The fraction of sp³-hybridized carbons (Fsp3) is 0.263. The highest BCUT2D eigenvalue weighted by Gasteiger charge is 2.21. The van der Waals surface area contributed by atoms with Crippen molar-refractivity contribution in [2.75, 3.05) is 20.3 Å². The molecule has 0 spiro atoms. The summed E-state index contributed by atoms with van der Waals surface area (Å²) in [6.07, 6.45) is 1.67. The second kappa shape index (κ2) is 7.59. The minimum absolute atomic E-state index is 0.126. The summed E-state index contributed by atoms with van der Waals surface area (Å²) in [4.78, 5) is 21.0. The van der Waals surface area contributed by atoms with Gasteiger partial charge in [0, 0.05) is 18.3 Å². The van der Waals surface area contributed by atoms with Gasteiger partial charge in [0.25, 0.3) is 5.91 Å². The summed E-state index contributed by atoms with van der Waals surface area (Å²) in [6.45, 7) is 3.65. The van der Waals surface area contributed by atoms with Gasteiger partial charge in [-0.3, -0.25) is 9.48 Å². The number of hydrogen-bond donors (Lipinski definition) is 1. The van der Waals surface area contributed by atoms with E-state index >= 15 is 0 Å². The minimum Gasteiger partial charge on any atom is -0.493 e. The van der Waals surface area contributed by atoms with Gasteiger partial charge in [0.2, 0.25) is 0 Å². The molecule has 0 atom stereocenters. The van der Waals surface area contributed by atoms with Gasteiger partial charge in [-0.05, 0) is 47.1 Å². The Morgan fingerprint density at radius 1 is 1.29 bits per heavy atom. The van der Waals surface area contributed by atoms with Gasteiger partial charge in [0.05, 0.1) is 30.4 Å². The van der Waals surface area contributed by atoms with Crippen molar-refractivity contribution in [2.45, 2.75) is 13.5 Å². The van der Waals surface area contributed by atoms with Gasteiger partial charge in [0.1, 0.15) is 11.4 Å². The third-order valence-electron chi connectivity index (χ3n) is 4.32. The first-order chi connectivity index (χ1) is 13.6. The zero-order valence-electron chi connectivity index (χ0n) is 15.4. The number of carbonyl (C=O) groups excluding carboxylic acids is 1. The maximum atomic E-state index is 12.0. The van der Waals surface area contributed by atoms with E-state index in [0.29, 0.717) is 54.1 Å². The number of ether oxygens (including phenoxy) is 2. The van der Waals surface area contributed by atoms with E-state index in [1.54, 1.807) is 30.1 Å². The van der Waals surface area contributed by atoms with Crippen molar-refractivity contribution in [1.29, 1.82) is 0 Å². The SMILES string of the molecule is CCOc1c(Br)cc(-c2nccc(-c3cc4n(n3)CCNC4=O)n2)cc1OC. The van der Waals surface area contributed by atoms with Crippen molar-refractivity contribution in [3.8, 4) is 34.3 Å². The zero-order valence-corrected chi connectivity index (χ0v) is 17.0. The van der Waals surface area contributed by atoms with Crippen molar-refractivity contribution in [3.63, 3.8) is 0 Å². The maximum Gasteiger partial charge on any atom is 0.269 e. The monoisotopic (exact) mass is 443 g/mol. The quantitative estimate of drug-likeness (QED) is 0.651. The van der Waals surface area contributed by atoms with Crippen LogP contribution >= 0.6 is 15.9 Å². The first-order valence-corrected chi connectivity index (χ1v) is 9.60. The fourth-order valence-electron chi connectivity index (χ4n) is 3.03. The predicted molar refractivity (Wildman–Crippen MR) is 106 cm³/mol. The Morgan fingerprint density at radius 2 is 2.14 bits per heavy atom. The molecular formula is C19H18BrN5O3. The summed E-state index contributed by atoms with van der Waals surface area (Å²) in [5.74, 6) is 1.63. The summed E-state index contributed by atoms with van der Waals surface area (Å²) in [7, 11) is 1.59. The summed E-state index contributed by atoms with van der Waals surface area (Å²) >= 11 is 3.52. The van der Waals surface area contributed by atoms with Crippen molar-refractivity contribution >= 4 is 21.8 Å². The van der Waals surface area contributed by atoms with Gasteiger partial charge in [-0.1, -0.05) is 0 Å². The summed E-state index contributed by atoms with van der Waals surface area (Å²) in [5, 5.41) is 7.32. The molecule has 1 aliphatic rings. The number of amides is 1. The minimum atomic E-state index is -0.126. The Morgan fingerprint density at radius 3 is 2.89 bits per heavy atom. The van der Waals surface area contributed by atoms with Crippen LogP contribution in [-0.2, 0) is 6.54 Å². The van der Waals surface area contributed by atoms with Gasteiger partial charge >= 0.3 is 0 Å². The Bertz CT molecular complexity index is 1050. The molecule has 144 valence electrons. The number of carbonyl (C=O) groups is 1. The average Bonchev–Trinajstić information content (AvgIpc) is 3.15. The highest BCUT2D eigenvalue weighted by molar-refractivity contribution is 9.10. The summed E-state index contributed by atoms with van der Waals surface area (Å²) < 4.78 is 13.5. The number of benzene rings is 1. The van der Waals surface area contributed by atoms with Crippen molar-refractivity contribution < 1.29 is 14.3 Å². The number of halogens is 1. The number of hydrogen-bond acceptors (Lipinski definition) is 6. The molecule has 2 aromatic heterocycles. The second-order valence-electron chi connectivity index (χ2n) is 6.08. The van der Waals surface area contributed by atoms with Crippen LogP contribution in [0, 0.1) is 0 Å². The zero-order chi connectivity index (χ0) is 19.7. The standard InChI is InChI=1S/C19H18BrN5O3/c1-3-28-17-12(20)8-11(9-16(17)27-2)18-21-5-4-13(23-18)14-10-15-19(26)22-6-7-25(15)24-14/h4-5,8-10H,3,6-7H2,1-2H3,(H,22,26). The molecule has 3 aromatic rings. The van der Waals surface area contributed by atoms with Gasteiger partial charge in [-0.25, -0.2) is 9.97 Å². The molecule has 28 heavy (non-hydrogen) atoms. The maximum absolute atomic E-state index is 12.0. The van der Waals surface area contributed by atoms with Gasteiger partial charge in [-0.15, -0.1) is 0 Å². The number of fused-ring (bicyclic) bond motifs is 1. The molecule has 8 nitrogen and oxygen atoms in total. The molecule has 0 unspecified atom stereocenters. The molecular weight excluding hydrogens is 426 g/mol. The molecule has 0 bridgehead atoms. The molecule has 0 saturated heterocycles. The van der Waals surface area contributed by atoms with Crippen molar-refractivity contribution in [2.24, 2.45) is 0 Å². The van der Waals surface area contributed by atoms with E-state index in [9.17, 15) is 4.79 Å². The highest BCUT2D eigenvalue weighted by atomic mass is 79.9. The first kappa shape index (κ1) is 18.4. The molecule has 3 heterocycles. The molecule has 0 saturated carbocycles. The molecule has 1 aliphatic heterocycles. The molecule has 1 aromatic carbocycles. The van der Waals surface area contributed by atoms with E-state index in [0.717, 1.165) is 10.0 Å². The second-order valence-corrected chi connectivity index (χ2v) is 6.94. The van der Waals surface area contributed by atoms with E-state index in [1.807, 2.05) is 19.1 Å². The third kappa shape index (κ3) is 3.33. The van der Waals surface area contributed by atoms with Gasteiger partial charge in [-0.2, -0.15) is 5.10 Å². The van der Waals surface area contributed by atoms with Crippen molar-refractivity contribution in [1.82, 2.24) is 25.1 Å². The number of aromatic nitrogens is 4. The largest absolute Gasteiger partial charge is 0.493 e. The van der Waals surface area contributed by atoms with Crippen LogP contribution in [0.4, 0.5) is 0 Å². The van der Waals surface area contributed by atoms with Gasteiger partial charge < -0.3 is 14.8 Å². The van der Waals surface area contributed by atoms with Crippen LogP contribution in [0.25, 0.3) is 22.8 Å². The van der Waals surface area contributed by atoms with E-state index in [-0.39, 0.29) is 5.91 Å². The lowest BCUT2D eigenvalue weighted by molar-refractivity contribution is 0.0924. The molecule has 0 fully saturated rings. The Hall–Kier alpha value is -2.94. The topological polar surface area (TPSA) is 91.2 Å². The van der Waals surface area contributed by atoms with Crippen LogP contribution in [0.3, 0.4) is 0 Å². The van der Waals surface area contributed by atoms with Crippen LogP contribution in [0.2, 0.25) is 0 Å². The first-order valence-electron chi connectivity index (χ1n) is 8.81. The normalized spacial score (nSPS) is 13.0. The number of nitrogens with one attached hydrogen (secondary N) is 1. The van der Waals surface area contributed by atoms with Crippen LogP contribution in [0.15, 0.2) is 34.9 Å². The third-order valence-corrected chi connectivity index (χ3v) is 4.91. The molecule has 4 rings (SSSR count). The lowest BCUT2D eigenvalue weighted by Crippen LogP contribution is -2.35. The van der Waals surface area contributed by atoms with Gasteiger partial charge in [0.15, 0.2) is 17.3 Å². The summed E-state index contributed by atoms with van der Waals surface area (Å²) in [5.41, 5.74) is 2.58. The van der Waals surface area contributed by atoms with Crippen LogP contribution in [0.1, 0.15) is 17.4 Å². The predicted octanol–water partition coefficient (Wildman–Crippen LogP) is 2.92. The highest BCUT2D eigenvalue weighted by Crippen LogP contribution is 2.39. The van der Waals surface area contributed by atoms with Crippen molar-refractivity contribution in [3.05, 3.63) is 40.6 Å². The smallest absolute Gasteiger partial charge is 0.269 e. The Labute approximate surface area is 170 Å². The molecule has 1 N–H and O–H groups in total. The van der Waals surface area contributed by atoms with E-state index < -0.39 is 0 Å². The lowest BCUT2D eigenvalue weighted by Gasteiger charge is -2.13. The Balaban J connectivity index is 1.74. The van der Waals surface area contributed by atoms with E-state index in [4.69, 9.17) is 9.47 Å². The van der Waals surface area contributed by atoms with Crippen LogP contribution < -0.4 is 14.8 Å².